The summed E-state index contributed by atoms with van der Waals surface area (Å²) >= 11 is 0. The van der Waals surface area contributed by atoms with E-state index >= 15 is 0 Å². The van der Waals surface area contributed by atoms with Crippen molar-refractivity contribution in [1.29, 1.82) is 0 Å². The van der Waals surface area contributed by atoms with E-state index in [1.54, 1.807) is 6.08 Å². The van der Waals surface area contributed by atoms with E-state index in [2.05, 4.69) is 6.58 Å². The van der Waals surface area contributed by atoms with Crippen LogP contribution in [0.2, 0.25) is 0 Å². The predicted octanol–water partition coefficient (Wildman–Crippen LogP) is 1.17. The molecule has 0 saturated carbocycles. The van der Waals surface area contributed by atoms with Crippen LogP contribution >= 0.6 is 0 Å². The maximum absolute atomic E-state index is 10.6. The first-order valence-corrected chi connectivity index (χ1v) is 3.51. The van der Waals surface area contributed by atoms with Crippen LogP contribution in [-0.4, -0.2) is 19.5 Å². The first-order chi connectivity index (χ1) is 4.83. The summed E-state index contributed by atoms with van der Waals surface area (Å²) in [5.41, 5.74) is -0.280. The van der Waals surface area contributed by atoms with Gasteiger partial charge in [0.05, 0.1) is 0 Å². The van der Waals surface area contributed by atoms with Crippen LogP contribution in [0, 0.1) is 5.41 Å². The first-order valence-electron chi connectivity index (χ1n) is 3.51. The van der Waals surface area contributed by atoms with Gasteiger partial charge in [-0.2, -0.15) is 0 Å². The van der Waals surface area contributed by atoms with E-state index in [0.717, 1.165) is 19.1 Å². The van der Waals surface area contributed by atoms with E-state index in [0.29, 0.717) is 13.2 Å². The number of rotatable bonds is 2. The van der Waals surface area contributed by atoms with Gasteiger partial charge in [-0.05, 0) is 12.8 Å². The van der Waals surface area contributed by atoms with Crippen LogP contribution in [0.1, 0.15) is 12.8 Å². The first kappa shape index (κ1) is 7.48. The van der Waals surface area contributed by atoms with Crippen LogP contribution < -0.4 is 0 Å². The summed E-state index contributed by atoms with van der Waals surface area (Å²) in [6.07, 6.45) is 4.31. The highest BCUT2D eigenvalue weighted by Crippen LogP contribution is 2.28. The largest absolute Gasteiger partial charge is 0.381 e. The Bertz CT molecular complexity index is 124. The molecule has 56 valence electrons. The second kappa shape index (κ2) is 2.97. The lowest BCUT2D eigenvalue weighted by atomic mass is 9.82. The number of carbonyl (C=O) groups excluding carboxylic acids is 1. The summed E-state index contributed by atoms with van der Waals surface area (Å²) < 4.78 is 5.12. The quantitative estimate of drug-likeness (QED) is 0.425. The Labute approximate surface area is 60.9 Å². The Morgan fingerprint density at radius 3 is 2.30 bits per heavy atom. The molecular formula is C8H12O2. The molecule has 0 atom stereocenters. The Morgan fingerprint density at radius 1 is 1.40 bits per heavy atom. The van der Waals surface area contributed by atoms with E-state index in [9.17, 15) is 4.79 Å². The molecule has 10 heavy (non-hydrogen) atoms. The van der Waals surface area contributed by atoms with Crippen molar-refractivity contribution in [3.8, 4) is 0 Å². The van der Waals surface area contributed by atoms with Gasteiger partial charge in [0.15, 0.2) is 0 Å². The van der Waals surface area contributed by atoms with E-state index in [4.69, 9.17) is 4.74 Å². The zero-order chi connectivity index (χ0) is 7.45. The van der Waals surface area contributed by atoms with E-state index in [1.165, 1.54) is 0 Å². The maximum Gasteiger partial charge on any atom is 0.130 e. The zero-order valence-electron chi connectivity index (χ0n) is 6.01. The maximum atomic E-state index is 10.6. The van der Waals surface area contributed by atoms with Crippen LogP contribution in [0.25, 0.3) is 0 Å². The van der Waals surface area contributed by atoms with Crippen molar-refractivity contribution in [1.82, 2.24) is 0 Å². The topological polar surface area (TPSA) is 26.3 Å². The molecule has 2 nitrogen and oxygen atoms in total. The highest BCUT2D eigenvalue weighted by Gasteiger charge is 2.28. The lowest BCUT2D eigenvalue weighted by Gasteiger charge is -2.28. The van der Waals surface area contributed by atoms with Crippen LogP contribution in [0.5, 0.6) is 0 Å². The van der Waals surface area contributed by atoms with Crippen LogP contribution in [0.15, 0.2) is 12.7 Å². The van der Waals surface area contributed by atoms with E-state index in [-0.39, 0.29) is 5.41 Å². The monoisotopic (exact) mass is 140 g/mol. The summed E-state index contributed by atoms with van der Waals surface area (Å²) in [7, 11) is 0. The van der Waals surface area contributed by atoms with Gasteiger partial charge in [-0.15, -0.1) is 6.58 Å². The number of ether oxygens (including phenoxy) is 1. The van der Waals surface area contributed by atoms with Crippen molar-refractivity contribution in [3.63, 3.8) is 0 Å². The van der Waals surface area contributed by atoms with Crippen molar-refractivity contribution in [2.24, 2.45) is 5.41 Å². The average molecular weight is 140 g/mol. The highest BCUT2D eigenvalue weighted by molar-refractivity contribution is 5.62. The third-order valence-electron chi connectivity index (χ3n) is 2.06. The fourth-order valence-corrected chi connectivity index (χ4v) is 1.12. The molecule has 1 heterocycles. The van der Waals surface area contributed by atoms with Gasteiger partial charge in [-0.1, -0.05) is 6.08 Å². The number of hydrogen-bond acceptors (Lipinski definition) is 2. The van der Waals surface area contributed by atoms with Crippen LogP contribution in [0.4, 0.5) is 0 Å². The van der Waals surface area contributed by atoms with Crippen molar-refractivity contribution >= 4 is 6.29 Å². The average Bonchev–Trinajstić information content (AvgIpc) is 2.06. The van der Waals surface area contributed by atoms with Gasteiger partial charge in [0.2, 0.25) is 0 Å². The summed E-state index contributed by atoms with van der Waals surface area (Å²) in [6.45, 7) is 5.01. The molecule has 0 bridgehead atoms. The molecule has 1 aliphatic heterocycles. The van der Waals surface area contributed by atoms with Gasteiger partial charge in [0.25, 0.3) is 0 Å². The molecule has 0 aliphatic carbocycles. The minimum absolute atomic E-state index is 0.280. The molecule has 0 amide bonds. The van der Waals surface area contributed by atoms with Crippen molar-refractivity contribution in [2.45, 2.75) is 12.8 Å². The SMILES string of the molecule is C=CC1(C=O)CCOCC1. The fraction of sp³-hybridized carbons (Fsp3) is 0.625. The van der Waals surface area contributed by atoms with Crippen LogP contribution in [-0.2, 0) is 9.53 Å². The number of carbonyl (C=O) groups is 1. The van der Waals surface area contributed by atoms with Gasteiger partial charge < -0.3 is 9.53 Å². The lowest BCUT2D eigenvalue weighted by molar-refractivity contribution is -0.117. The molecule has 2 heteroatoms. The number of aldehydes is 1. The van der Waals surface area contributed by atoms with Gasteiger partial charge in [0.1, 0.15) is 6.29 Å². The molecular weight excluding hydrogens is 128 g/mol. The molecule has 0 spiro atoms. The molecule has 0 radical (unpaired) electrons. The lowest BCUT2D eigenvalue weighted by Crippen LogP contribution is -2.28. The third kappa shape index (κ3) is 1.27. The van der Waals surface area contributed by atoms with Gasteiger partial charge in [-0.3, -0.25) is 0 Å². The molecule has 0 aromatic rings. The minimum Gasteiger partial charge on any atom is -0.381 e. The molecule has 0 unspecified atom stereocenters. The van der Waals surface area contributed by atoms with Crippen molar-refractivity contribution in [3.05, 3.63) is 12.7 Å². The fourth-order valence-electron chi connectivity index (χ4n) is 1.12. The van der Waals surface area contributed by atoms with Crippen LogP contribution in [0.3, 0.4) is 0 Å². The van der Waals surface area contributed by atoms with E-state index in [1.807, 2.05) is 0 Å². The summed E-state index contributed by atoms with van der Waals surface area (Å²) in [5, 5.41) is 0. The van der Waals surface area contributed by atoms with Gasteiger partial charge in [0, 0.05) is 18.6 Å². The minimum atomic E-state index is -0.280. The molecule has 0 N–H and O–H groups in total. The number of hydrogen-bond donors (Lipinski definition) is 0. The second-order valence-corrected chi connectivity index (χ2v) is 2.67. The molecule has 1 saturated heterocycles. The predicted molar refractivity (Wildman–Crippen MR) is 38.7 cm³/mol. The van der Waals surface area contributed by atoms with Crippen molar-refractivity contribution in [2.75, 3.05) is 13.2 Å². The second-order valence-electron chi connectivity index (χ2n) is 2.67. The Balaban J connectivity index is 2.60. The standard InChI is InChI=1S/C8H12O2/c1-2-8(7-9)3-5-10-6-4-8/h2,7H,1,3-6H2. The summed E-state index contributed by atoms with van der Waals surface area (Å²) in [5.74, 6) is 0. The van der Waals surface area contributed by atoms with Gasteiger partial charge in [-0.25, -0.2) is 0 Å². The zero-order valence-corrected chi connectivity index (χ0v) is 6.01. The third-order valence-corrected chi connectivity index (χ3v) is 2.06. The molecule has 1 fully saturated rings. The normalized spacial score (nSPS) is 23.6. The van der Waals surface area contributed by atoms with Crippen molar-refractivity contribution < 1.29 is 9.53 Å². The van der Waals surface area contributed by atoms with E-state index < -0.39 is 0 Å². The molecule has 0 aromatic heterocycles. The molecule has 1 rings (SSSR count). The Kier molecular flexibility index (Phi) is 2.22. The Hall–Kier alpha value is -0.630. The van der Waals surface area contributed by atoms with Gasteiger partial charge >= 0.3 is 0 Å². The number of allylic oxidation sites excluding steroid dienone is 1. The molecule has 1 aliphatic rings. The smallest absolute Gasteiger partial charge is 0.130 e. The highest BCUT2D eigenvalue weighted by atomic mass is 16.5. The summed E-state index contributed by atoms with van der Waals surface area (Å²) in [6, 6.07) is 0. The molecule has 0 aromatic carbocycles. The Morgan fingerprint density at radius 2 is 2.00 bits per heavy atom. The summed E-state index contributed by atoms with van der Waals surface area (Å²) in [4.78, 5) is 10.6.